The van der Waals surface area contributed by atoms with Crippen molar-refractivity contribution in [3.8, 4) is 5.75 Å². The molecular weight excluding hydrogens is 535 g/mol. The summed E-state index contributed by atoms with van der Waals surface area (Å²) in [5.74, 6) is -4.71. The van der Waals surface area contributed by atoms with Crippen molar-refractivity contribution in [3.05, 3.63) is 60.2 Å². The third-order valence-corrected chi connectivity index (χ3v) is 4.59. The van der Waals surface area contributed by atoms with Gasteiger partial charge in [-0.1, -0.05) is 44.2 Å². The van der Waals surface area contributed by atoms with Crippen LogP contribution in [-0.4, -0.2) is 42.1 Å². The molecule has 0 radical (unpaired) electrons. The van der Waals surface area contributed by atoms with E-state index in [2.05, 4.69) is 10.3 Å². The molecule has 2 aromatic carbocycles. The molecule has 2 rings (SSSR count). The van der Waals surface area contributed by atoms with Crippen LogP contribution in [0, 0.1) is 5.92 Å². The minimum Gasteiger partial charge on any atom is -0.542 e. The van der Waals surface area contributed by atoms with Crippen molar-refractivity contribution in [2.24, 2.45) is 17.4 Å². The van der Waals surface area contributed by atoms with E-state index in [0.29, 0.717) is 11.3 Å². The number of nitrogens with two attached hydrogens (primary N) is 2. The summed E-state index contributed by atoms with van der Waals surface area (Å²) in [6.07, 6.45) is -9.95. The van der Waals surface area contributed by atoms with Crippen LogP contribution in [0.15, 0.2) is 54.6 Å². The number of ether oxygens (including phenoxy) is 2. The van der Waals surface area contributed by atoms with Crippen LogP contribution in [0.4, 0.5) is 32.4 Å². The van der Waals surface area contributed by atoms with Gasteiger partial charge in [0.2, 0.25) is 5.54 Å². The van der Waals surface area contributed by atoms with Crippen LogP contribution in [0.3, 0.4) is 0 Å². The van der Waals surface area contributed by atoms with E-state index < -0.39 is 36.2 Å². The largest absolute Gasteiger partial charge is 0.542 e. The van der Waals surface area contributed by atoms with Gasteiger partial charge in [-0.25, -0.2) is 23.4 Å². The van der Waals surface area contributed by atoms with Crippen LogP contribution in [0.25, 0.3) is 0 Å². The van der Waals surface area contributed by atoms with Gasteiger partial charge in [0.25, 0.3) is 6.43 Å². The summed E-state index contributed by atoms with van der Waals surface area (Å²) >= 11 is 0. The van der Waals surface area contributed by atoms with Gasteiger partial charge in [0, 0.05) is 0 Å². The number of nitrogens with one attached hydrogen (secondary N) is 2. The molecule has 0 aromatic heterocycles. The monoisotopic (exact) mass is 562 g/mol. The van der Waals surface area contributed by atoms with Crippen LogP contribution < -0.4 is 31.6 Å². The number of rotatable bonds is 9. The number of alkyl carbamates (subject to hydrolysis) is 1. The Bertz CT molecular complexity index is 1120. The molecule has 0 aliphatic carbocycles. The summed E-state index contributed by atoms with van der Waals surface area (Å²) in [6, 6.07) is 14.5. The van der Waals surface area contributed by atoms with Gasteiger partial charge in [-0.2, -0.15) is 13.2 Å². The number of hydrogen-bond donors (Lipinski definition) is 4. The van der Waals surface area contributed by atoms with Crippen LogP contribution in [0.2, 0.25) is 0 Å². The van der Waals surface area contributed by atoms with Crippen molar-refractivity contribution in [3.63, 3.8) is 0 Å². The number of aliphatic carboxylic acids is 1. The number of alkyl halides is 5. The van der Waals surface area contributed by atoms with E-state index in [1.807, 2.05) is 0 Å². The molecule has 0 saturated heterocycles. The van der Waals surface area contributed by atoms with Crippen molar-refractivity contribution >= 4 is 29.7 Å². The Kier molecular flexibility index (Phi) is 12.1. The maximum atomic E-state index is 14.2. The fourth-order valence-corrected chi connectivity index (χ4v) is 2.97. The molecule has 0 aliphatic rings. The molecule has 39 heavy (non-hydrogen) atoms. The zero-order valence-electron chi connectivity index (χ0n) is 20.8. The molecule has 15 heteroatoms. The predicted octanol–water partition coefficient (Wildman–Crippen LogP) is 0.853. The second-order valence-corrected chi connectivity index (χ2v) is 8.34. The fourth-order valence-electron chi connectivity index (χ4n) is 2.97. The maximum absolute atomic E-state index is 14.2. The van der Waals surface area contributed by atoms with Gasteiger partial charge in [0.1, 0.15) is 18.3 Å². The van der Waals surface area contributed by atoms with E-state index in [1.54, 1.807) is 44.2 Å². The third kappa shape index (κ3) is 11.2. The molecule has 1 unspecified atom stereocenters. The Morgan fingerprint density at radius 2 is 1.54 bits per heavy atom. The number of amides is 1. The fraction of sp³-hybridized carbons (Fsp3) is 0.333. The van der Waals surface area contributed by atoms with E-state index >= 15 is 0 Å². The van der Waals surface area contributed by atoms with Crippen LogP contribution in [0.5, 0.6) is 5.75 Å². The molecule has 0 heterocycles. The van der Waals surface area contributed by atoms with Crippen LogP contribution >= 0.6 is 0 Å². The summed E-state index contributed by atoms with van der Waals surface area (Å²) in [5.41, 5.74) is 9.29. The van der Waals surface area contributed by atoms with Crippen molar-refractivity contribution < 1.29 is 55.9 Å². The second-order valence-electron chi connectivity index (χ2n) is 8.34. The average molecular weight is 562 g/mol. The van der Waals surface area contributed by atoms with E-state index in [9.17, 15) is 31.5 Å². The molecule has 214 valence electrons. The maximum Gasteiger partial charge on any atom is 0.430 e. The third-order valence-electron chi connectivity index (χ3n) is 4.59. The lowest BCUT2D eigenvalue weighted by Crippen LogP contribution is -2.72. The molecule has 1 amide bonds. The molecule has 0 bridgehead atoms. The molecule has 0 saturated carbocycles. The number of hydrogen-bond acceptors (Lipinski definition) is 6. The number of carbonyl (C=O) groups excluding carboxylic acids is 3. The molecule has 2 aromatic rings. The first-order valence-corrected chi connectivity index (χ1v) is 11.1. The second kappa shape index (κ2) is 14.5. The van der Waals surface area contributed by atoms with Crippen molar-refractivity contribution in [2.75, 3.05) is 0 Å². The molecule has 1 atom stereocenters. The highest BCUT2D eigenvalue weighted by Crippen LogP contribution is 2.28. The van der Waals surface area contributed by atoms with Crippen molar-refractivity contribution in [1.29, 1.82) is 0 Å². The smallest absolute Gasteiger partial charge is 0.430 e. The lowest BCUT2D eigenvalue weighted by atomic mass is 9.89. The summed E-state index contributed by atoms with van der Waals surface area (Å²) in [4.78, 5) is 36.6. The van der Waals surface area contributed by atoms with Gasteiger partial charge in [-0.05, 0) is 42.2 Å². The zero-order chi connectivity index (χ0) is 29.8. The first kappa shape index (κ1) is 32.6. The topological polar surface area (TPSA) is 171 Å². The Labute approximate surface area is 219 Å². The van der Waals surface area contributed by atoms with Gasteiger partial charge in [-0.3, -0.25) is 11.5 Å². The number of guanidine groups is 1. The predicted molar refractivity (Wildman–Crippen MR) is 125 cm³/mol. The van der Waals surface area contributed by atoms with Gasteiger partial charge >= 0.3 is 24.2 Å². The minimum absolute atomic E-state index is 0.00405. The molecule has 0 aliphatic heterocycles. The summed E-state index contributed by atoms with van der Waals surface area (Å²) < 4.78 is 70.1. The van der Waals surface area contributed by atoms with Crippen LogP contribution in [0.1, 0.15) is 25.8 Å². The molecule has 0 fully saturated rings. The lowest BCUT2D eigenvalue weighted by Gasteiger charge is -2.32. The number of carboxylic acid groups (broad SMARTS) is 1. The van der Waals surface area contributed by atoms with Gasteiger partial charge in [-0.15, -0.1) is 0 Å². The summed E-state index contributed by atoms with van der Waals surface area (Å²) in [6.45, 7) is 3.16. The summed E-state index contributed by atoms with van der Waals surface area (Å²) in [5, 5.41) is 10.8. The highest BCUT2D eigenvalue weighted by atomic mass is 19.4. The Balaban J connectivity index is 0.000000956. The van der Waals surface area contributed by atoms with E-state index in [0.717, 1.165) is 0 Å². The van der Waals surface area contributed by atoms with E-state index in [4.69, 9.17) is 30.8 Å². The standard InChI is InChI=1S/C22H26F2N4O4.C2HF3O2/c1-14(2)12-22(18(23)24,28-21(30)31-13-15-6-4-3-5-7-15)19(29)32-17-10-8-16(9-11-17)27-20(25)26;3-2(4,5)1(6)7/h3-11,14,18H,12-13H2,1-2H3,(H,28,30)(H4,25,26,27);(H,6,7). The number of carboxylic acids is 1. The highest BCUT2D eigenvalue weighted by molar-refractivity contribution is 5.88. The van der Waals surface area contributed by atoms with E-state index in [-0.39, 0.29) is 30.7 Å². The first-order valence-electron chi connectivity index (χ1n) is 11.1. The molecule has 10 nitrogen and oxygen atoms in total. The zero-order valence-corrected chi connectivity index (χ0v) is 20.8. The Hall–Kier alpha value is -4.43. The van der Waals surface area contributed by atoms with Gasteiger partial charge in [0.05, 0.1) is 5.69 Å². The van der Waals surface area contributed by atoms with Gasteiger partial charge < -0.3 is 24.7 Å². The highest BCUT2D eigenvalue weighted by Gasteiger charge is 2.51. The number of benzene rings is 2. The SMILES string of the molecule is CC(C)CC(NC(=O)OCc1ccccc1)(C(=O)Oc1ccc([NH+]=C(N)N)cc1)C(F)F.O=C([O-])C(F)(F)F. The average Bonchev–Trinajstić information content (AvgIpc) is 2.83. The van der Waals surface area contributed by atoms with Crippen molar-refractivity contribution in [2.45, 2.75) is 45.0 Å². The van der Waals surface area contributed by atoms with E-state index in [1.165, 1.54) is 24.3 Å². The molecule has 0 spiro atoms. The van der Waals surface area contributed by atoms with Crippen molar-refractivity contribution in [1.82, 2.24) is 5.32 Å². The normalized spacial score (nSPS) is 12.4. The molecule has 6 N–H and O–H groups in total. The quantitative estimate of drug-likeness (QED) is 0.115. The Morgan fingerprint density at radius 3 is 1.97 bits per heavy atom. The summed E-state index contributed by atoms with van der Waals surface area (Å²) in [7, 11) is 0. The minimum atomic E-state index is -5.19. The lowest BCUT2D eigenvalue weighted by molar-refractivity contribution is -0.356. The van der Waals surface area contributed by atoms with Crippen LogP contribution in [-0.2, 0) is 20.9 Å². The number of esters is 1. The molecular formula is C24H27F5N4O6. The Morgan fingerprint density at radius 1 is 1.00 bits per heavy atom. The number of halogens is 5. The number of carbonyl (C=O) groups is 3. The van der Waals surface area contributed by atoms with Gasteiger partial charge in [0.15, 0.2) is 0 Å². The first-order chi connectivity index (χ1) is 18.1.